The van der Waals surface area contributed by atoms with E-state index < -0.39 is 5.41 Å². The number of rotatable bonds is 2. The Bertz CT molecular complexity index is 1120. The SMILES string of the molecule is CCc1ccc(-n2ncc3c2NC(=O)CC32C(=O)N(C)c3ccccc32)cc1. The van der Waals surface area contributed by atoms with Crippen LogP contribution in [0.5, 0.6) is 0 Å². The number of nitrogens with one attached hydrogen (secondary N) is 1. The fraction of sp³-hybridized carbons (Fsp3) is 0.227. The van der Waals surface area contributed by atoms with Gasteiger partial charge in [0.05, 0.1) is 11.9 Å². The summed E-state index contributed by atoms with van der Waals surface area (Å²) in [6.45, 7) is 2.11. The summed E-state index contributed by atoms with van der Waals surface area (Å²) in [7, 11) is 1.76. The topological polar surface area (TPSA) is 67.2 Å². The van der Waals surface area contributed by atoms with E-state index in [1.165, 1.54) is 5.56 Å². The zero-order valence-corrected chi connectivity index (χ0v) is 15.8. The van der Waals surface area contributed by atoms with Gasteiger partial charge in [0.15, 0.2) is 0 Å². The Balaban J connectivity index is 1.73. The van der Waals surface area contributed by atoms with Gasteiger partial charge in [0.1, 0.15) is 11.2 Å². The minimum atomic E-state index is -1.02. The third-order valence-electron chi connectivity index (χ3n) is 5.90. The fourth-order valence-electron chi connectivity index (χ4n) is 4.43. The highest BCUT2D eigenvalue weighted by molar-refractivity contribution is 6.15. The molecule has 3 aromatic rings. The number of likely N-dealkylation sites (N-methyl/N-ethyl adjacent to an activating group) is 1. The molecule has 1 aromatic heterocycles. The molecule has 1 atom stereocenters. The van der Waals surface area contributed by atoms with Gasteiger partial charge >= 0.3 is 0 Å². The van der Waals surface area contributed by atoms with Gasteiger partial charge in [-0.2, -0.15) is 5.10 Å². The number of amides is 2. The van der Waals surface area contributed by atoms with E-state index in [-0.39, 0.29) is 18.2 Å². The van der Waals surface area contributed by atoms with E-state index in [1.807, 2.05) is 48.5 Å². The van der Waals surface area contributed by atoms with Crippen molar-refractivity contribution in [2.45, 2.75) is 25.2 Å². The first-order valence-corrected chi connectivity index (χ1v) is 9.41. The number of fused-ring (bicyclic) bond motifs is 4. The molecule has 2 aliphatic rings. The smallest absolute Gasteiger partial charge is 0.242 e. The zero-order valence-electron chi connectivity index (χ0n) is 15.8. The number of carbonyl (C=O) groups is 2. The van der Waals surface area contributed by atoms with Crippen molar-refractivity contribution in [1.29, 1.82) is 0 Å². The molecule has 28 heavy (non-hydrogen) atoms. The van der Waals surface area contributed by atoms with E-state index in [4.69, 9.17) is 0 Å². The summed E-state index contributed by atoms with van der Waals surface area (Å²) in [5.41, 5.74) is 3.50. The van der Waals surface area contributed by atoms with Crippen LogP contribution in [0.3, 0.4) is 0 Å². The molecule has 6 nitrogen and oxygen atoms in total. The maximum atomic E-state index is 13.4. The fourth-order valence-corrected chi connectivity index (χ4v) is 4.43. The summed E-state index contributed by atoms with van der Waals surface area (Å²) < 4.78 is 1.71. The van der Waals surface area contributed by atoms with E-state index >= 15 is 0 Å². The van der Waals surface area contributed by atoms with Gasteiger partial charge in [-0.3, -0.25) is 9.59 Å². The molecular formula is C22H20N4O2. The molecule has 5 rings (SSSR count). The quantitative estimate of drug-likeness (QED) is 0.752. The molecule has 1 unspecified atom stereocenters. The molecule has 140 valence electrons. The lowest BCUT2D eigenvalue weighted by Crippen LogP contribution is -2.45. The van der Waals surface area contributed by atoms with Crippen LogP contribution in [0.25, 0.3) is 5.69 Å². The van der Waals surface area contributed by atoms with Gasteiger partial charge in [0.2, 0.25) is 11.8 Å². The molecule has 3 heterocycles. The number of nitrogens with zero attached hydrogens (tertiary/aromatic N) is 3. The maximum absolute atomic E-state index is 13.4. The van der Waals surface area contributed by atoms with Crippen molar-refractivity contribution in [2.75, 3.05) is 17.3 Å². The van der Waals surface area contributed by atoms with E-state index in [2.05, 4.69) is 17.3 Å². The molecule has 2 amide bonds. The monoisotopic (exact) mass is 372 g/mol. The molecule has 2 aromatic carbocycles. The van der Waals surface area contributed by atoms with Crippen molar-refractivity contribution in [3.8, 4) is 5.69 Å². The lowest BCUT2D eigenvalue weighted by atomic mass is 9.72. The average molecular weight is 372 g/mol. The van der Waals surface area contributed by atoms with Gasteiger partial charge in [0.25, 0.3) is 0 Å². The van der Waals surface area contributed by atoms with Gasteiger partial charge in [-0.1, -0.05) is 37.3 Å². The first-order valence-electron chi connectivity index (χ1n) is 9.41. The summed E-state index contributed by atoms with van der Waals surface area (Å²) in [6, 6.07) is 15.7. The van der Waals surface area contributed by atoms with Crippen molar-refractivity contribution in [3.63, 3.8) is 0 Å². The van der Waals surface area contributed by atoms with Gasteiger partial charge in [-0.15, -0.1) is 0 Å². The standard InChI is InChI=1S/C22H20N4O2/c1-3-14-8-10-15(11-9-14)26-20-17(13-23-26)22(12-19(27)24-20)16-6-4-5-7-18(16)25(2)21(22)28/h4-11,13H,3,12H2,1-2H3,(H,24,27). The van der Waals surface area contributed by atoms with Gasteiger partial charge in [-0.25, -0.2) is 4.68 Å². The number of benzene rings is 2. The highest BCUT2D eigenvalue weighted by atomic mass is 16.2. The van der Waals surface area contributed by atoms with Crippen molar-refractivity contribution in [3.05, 3.63) is 71.4 Å². The van der Waals surface area contributed by atoms with Crippen LogP contribution in [0.1, 0.15) is 30.0 Å². The minimum Gasteiger partial charge on any atom is -0.314 e. The maximum Gasteiger partial charge on any atom is 0.242 e. The number of carbonyl (C=O) groups excluding carboxylic acids is 2. The lowest BCUT2D eigenvalue weighted by molar-refractivity contribution is -0.126. The lowest BCUT2D eigenvalue weighted by Gasteiger charge is -2.32. The van der Waals surface area contributed by atoms with E-state index in [1.54, 1.807) is 22.8 Å². The third-order valence-corrected chi connectivity index (χ3v) is 5.90. The Morgan fingerprint density at radius 2 is 1.82 bits per heavy atom. The van der Waals surface area contributed by atoms with Crippen molar-refractivity contribution in [1.82, 2.24) is 9.78 Å². The van der Waals surface area contributed by atoms with Crippen LogP contribution in [-0.2, 0) is 21.4 Å². The van der Waals surface area contributed by atoms with E-state index in [0.717, 1.165) is 28.9 Å². The Kier molecular flexibility index (Phi) is 3.46. The van der Waals surface area contributed by atoms with Crippen LogP contribution >= 0.6 is 0 Å². The Morgan fingerprint density at radius 1 is 1.07 bits per heavy atom. The predicted octanol–water partition coefficient (Wildman–Crippen LogP) is 3.04. The second-order valence-electron chi connectivity index (χ2n) is 7.35. The Hall–Kier alpha value is -3.41. The molecule has 0 aliphatic carbocycles. The molecule has 0 fully saturated rings. The highest BCUT2D eigenvalue weighted by Gasteiger charge is 2.56. The second kappa shape index (κ2) is 5.79. The number of hydrogen-bond donors (Lipinski definition) is 1. The third kappa shape index (κ3) is 2.05. The Labute approximate surface area is 162 Å². The molecule has 1 N–H and O–H groups in total. The normalized spacial score (nSPS) is 20.3. The largest absolute Gasteiger partial charge is 0.314 e. The molecule has 0 radical (unpaired) electrons. The number of para-hydroxylation sites is 1. The minimum absolute atomic E-state index is 0.0840. The molecule has 0 bridgehead atoms. The van der Waals surface area contributed by atoms with Crippen molar-refractivity contribution < 1.29 is 9.59 Å². The van der Waals surface area contributed by atoms with Gasteiger partial charge in [-0.05, 0) is 35.7 Å². The van der Waals surface area contributed by atoms with Crippen LogP contribution in [0.2, 0.25) is 0 Å². The molecular weight excluding hydrogens is 352 g/mol. The van der Waals surface area contributed by atoms with E-state index in [9.17, 15) is 9.59 Å². The average Bonchev–Trinajstić information content (AvgIpc) is 3.23. The summed E-state index contributed by atoms with van der Waals surface area (Å²) >= 11 is 0. The summed E-state index contributed by atoms with van der Waals surface area (Å²) in [5, 5.41) is 7.48. The highest BCUT2D eigenvalue weighted by Crippen LogP contribution is 2.51. The first kappa shape index (κ1) is 16.7. The summed E-state index contributed by atoms with van der Waals surface area (Å²) in [4.78, 5) is 27.7. The Morgan fingerprint density at radius 3 is 2.57 bits per heavy atom. The van der Waals surface area contributed by atoms with Crippen LogP contribution in [0.15, 0.2) is 54.7 Å². The van der Waals surface area contributed by atoms with Crippen LogP contribution < -0.4 is 10.2 Å². The first-order chi connectivity index (χ1) is 13.6. The number of hydrogen-bond acceptors (Lipinski definition) is 3. The summed E-state index contributed by atoms with van der Waals surface area (Å²) in [6.07, 6.45) is 2.76. The van der Waals surface area contributed by atoms with Gasteiger partial charge in [0, 0.05) is 24.7 Å². The zero-order chi connectivity index (χ0) is 19.5. The van der Waals surface area contributed by atoms with Crippen LogP contribution in [-0.4, -0.2) is 28.6 Å². The molecule has 0 saturated carbocycles. The molecule has 0 saturated heterocycles. The predicted molar refractivity (Wildman–Crippen MR) is 107 cm³/mol. The van der Waals surface area contributed by atoms with Gasteiger partial charge < -0.3 is 10.2 Å². The number of anilines is 2. The molecule has 1 spiro atoms. The van der Waals surface area contributed by atoms with Crippen molar-refractivity contribution >= 4 is 23.3 Å². The number of aryl methyl sites for hydroxylation is 1. The number of aromatic nitrogens is 2. The van der Waals surface area contributed by atoms with Crippen LogP contribution in [0, 0.1) is 0 Å². The molecule has 2 aliphatic heterocycles. The van der Waals surface area contributed by atoms with E-state index in [0.29, 0.717) is 5.82 Å². The van der Waals surface area contributed by atoms with Crippen LogP contribution in [0.4, 0.5) is 11.5 Å². The second-order valence-corrected chi connectivity index (χ2v) is 7.35. The summed E-state index contributed by atoms with van der Waals surface area (Å²) in [5.74, 6) is 0.294. The molecule has 6 heteroatoms. The van der Waals surface area contributed by atoms with Crippen molar-refractivity contribution in [2.24, 2.45) is 0 Å².